The van der Waals surface area contributed by atoms with Crippen LogP contribution in [-0.2, 0) is 11.3 Å². The third kappa shape index (κ3) is 5.02. The second-order valence-electron chi connectivity index (χ2n) is 9.21. The molecule has 2 aliphatic rings. The van der Waals surface area contributed by atoms with Crippen LogP contribution in [0.1, 0.15) is 52.5 Å². The van der Waals surface area contributed by atoms with Crippen LogP contribution in [0.15, 0.2) is 24.3 Å². The van der Waals surface area contributed by atoms with E-state index in [9.17, 15) is 4.39 Å². The van der Waals surface area contributed by atoms with Gasteiger partial charge in [-0.15, -0.1) is 0 Å². The van der Waals surface area contributed by atoms with Gasteiger partial charge in [-0.05, 0) is 58.9 Å². The van der Waals surface area contributed by atoms with Crippen molar-refractivity contribution in [2.75, 3.05) is 19.8 Å². The molecule has 1 atom stereocenters. The van der Waals surface area contributed by atoms with Crippen molar-refractivity contribution < 1.29 is 9.13 Å². The number of nitrogens with one attached hydrogen (secondary N) is 1. The lowest BCUT2D eigenvalue weighted by atomic mass is 9.78. The smallest absolute Gasteiger partial charge is 0.127 e. The monoisotopic (exact) mass is 348 g/mol. The fraction of sp³-hybridized carbons (Fsp3) is 0.714. The van der Waals surface area contributed by atoms with Crippen molar-refractivity contribution in [3.63, 3.8) is 0 Å². The van der Waals surface area contributed by atoms with E-state index >= 15 is 0 Å². The molecule has 2 aliphatic heterocycles. The predicted octanol–water partition coefficient (Wildman–Crippen LogP) is 3.97. The minimum atomic E-state index is -0.0948. The molecule has 0 radical (unpaired) electrons. The van der Waals surface area contributed by atoms with Gasteiger partial charge in [-0.2, -0.15) is 0 Å². The number of hydrogen-bond acceptors (Lipinski definition) is 3. The van der Waals surface area contributed by atoms with E-state index in [0.29, 0.717) is 18.5 Å². The van der Waals surface area contributed by atoms with Gasteiger partial charge in [0.1, 0.15) is 5.82 Å². The Morgan fingerprint density at radius 3 is 2.44 bits per heavy atom. The SMILES string of the molecule is CC1(C)CC(N(Cc2ccccc2F)C[C@H]2CCOC2)CC(C)(C)N1. The molecule has 0 unspecified atom stereocenters. The quantitative estimate of drug-likeness (QED) is 0.871. The molecule has 3 rings (SSSR count). The molecular weight excluding hydrogens is 315 g/mol. The Balaban J connectivity index is 1.81. The van der Waals surface area contributed by atoms with Crippen molar-refractivity contribution in [3.05, 3.63) is 35.6 Å². The highest BCUT2D eigenvalue weighted by atomic mass is 19.1. The highest BCUT2D eigenvalue weighted by Crippen LogP contribution is 2.33. The molecule has 2 saturated heterocycles. The van der Waals surface area contributed by atoms with Gasteiger partial charge in [-0.3, -0.25) is 4.90 Å². The molecule has 0 saturated carbocycles. The van der Waals surface area contributed by atoms with Crippen LogP contribution < -0.4 is 5.32 Å². The Labute approximate surface area is 151 Å². The highest BCUT2D eigenvalue weighted by molar-refractivity contribution is 5.17. The van der Waals surface area contributed by atoms with E-state index in [2.05, 4.69) is 37.9 Å². The Morgan fingerprint density at radius 1 is 1.16 bits per heavy atom. The molecule has 2 fully saturated rings. The molecule has 1 N–H and O–H groups in total. The molecular formula is C21H33FN2O. The van der Waals surface area contributed by atoms with Gasteiger partial charge < -0.3 is 10.1 Å². The number of ether oxygens (including phenoxy) is 1. The van der Waals surface area contributed by atoms with Crippen LogP contribution in [0.25, 0.3) is 0 Å². The van der Waals surface area contributed by atoms with E-state index in [1.807, 2.05) is 12.1 Å². The Kier molecular flexibility index (Phi) is 5.52. The van der Waals surface area contributed by atoms with Gasteiger partial charge >= 0.3 is 0 Å². The molecule has 0 amide bonds. The molecule has 1 aromatic rings. The summed E-state index contributed by atoms with van der Waals surface area (Å²) in [6, 6.07) is 7.65. The van der Waals surface area contributed by atoms with E-state index < -0.39 is 0 Å². The standard InChI is InChI=1S/C21H33FN2O/c1-20(2)11-18(12-21(3,4)23-20)24(13-16-9-10-25-15-16)14-17-7-5-6-8-19(17)22/h5-8,16,18,23H,9-15H2,1-4H3/t16-/m1/s1. The fourth-order valence-electron chi connectivity index (χ4n) is 4.77. The van der Waals surface area contributed by atoms with Gasteiger partial charge in [0.25, 0.3) is 0 Å². The molecule has 140 valence electrons. The maximum absolute atomic E-state index is 14.3. The Bertz CT molecular complexity index is 565. The van der Waals surface area contributed by atoms with Gasteiger partial charge in [0.15, 0.2) is 0 Å². The van der Waals surface area contributed by atoms with Crippen molar-refractivity contribution in [2.24, 2.45) is 5.92 Å². The summed E-state index contributed by atoms with van der Waals surface area (Å²) in [5.74, 6) is 0.468. The lowest BCUT2D eigenvalue weighted by Gasteiger charge is -2.50. The number of benzene rings is 1. The van der Waals surface area contributed by atoms with E-state index in [-0.39, 0.29) is 16.9 Å². The van der Waals surface area contributed by atoms with Crippen LogP contribution >= 0.6 is 0 Å². The molecule has 0 aliphatic carbocycles. The topological polar surface area (TPSA) is 24.5 Å². The number of piperidine rings is 1. The van der Waals surface area contributed by atoms with E-state index in [4.69, 9.17) is 4.74 Å². The predicted molar refractivity (Wildman–Crippen MR) is 100 cm³/mol. The number of halogens is 1. The third-order valence-corrected chi connectivity index (χ3v) is 5.53. The summed E-state index contributed by atoms with van der Waals surface area (Å²) in [4.78, 5) is 2.52. The summed E-state index contributed by atoms with van der Waals surface area (Å²) in [5, 5.41) is 3.76. The maximum atomic E-state index is 14.3. The van der Waals surface area contributed by atoms with Crippen molar-refractivity contribution in [2.45, 2.75) is 70.6 Å². The van der Waals surface area contributed by atoms with Crippen LogP contribution in [0, 0.1) is 11.7 Å². The average molecular weight is 349 g/mol. The summed E-state index contributed by atoms with van der Waals surface area (Å²) in [7, 11) is 0. The zero-order chi connectivity index (χ0) is 18.1. The molecule has 3 nitrogen and oxygen atoms in total. The average Bonchev–Trinajstić information content (AvgIpc) is 2.98. The van der Waals surface area contributed by atoms with Crippen LogP contribution in [0.3, 0.4) is 0 Å². The van der Waals surface area contributed by atoms with Crippen LogP contribution in [0.2, 0.25) is 0 Å². The van der Waals surface area contributed by atoms with Gasteiger partial charge in [-0.25, -0.2) is 4.39 Å². The fourth-order valence-corrected chi connectivity index (χ4v) is 4.77. The molecule has 2 heterocycles. The first-order valence-electron chi connectivity index (χ1n) is 9.59. The second kappa shape index (κ2) is 7.34. The van der Waals surface area contributed by atoms with Crippen LogP contribution in [0.4, 0.5) is 4.39 Å². The molecule has 25 heavy (non-hydrogen) atoms. The van der Waals surface area contributed by atoms with E-state index in [0.717, 1.165) is 44.6 Å². The molecule has 0 spiro atoms. The van der Waals surface area contributed by atoms with Crippen molar-refractivity contribution in [1.29, 1.82) is 0 Å². The lowest BCUT2D eigenvalue weighted by Crippen LogP contribution is -2.62. The summed E-state index contributed by atoms with van der Waals surface area (Å²) in [6.45, 7) is 12.5. The first-order valence-corrected chi connectivity index (χ1v) is 9.59. The van der Waals surface area contributed by atoms with Crippen molar-refractivity contribution in [3.8, 4) is 0 Å². The highest BCUT2D eigenvalue weighted by Gasteiger charge is 2.40. The van der Waals surface area contributed by atoms with Crippen molar-refractivity contribution in [1.82, 2.24) is 10.2 Å². The zero-order valence-corrected chi connectivity index (χ0v) is 16.1. The number of nitrogens with zero attached hydrogens (tertiary/aromatic N) is 1. The van der Waals surface area contributed by atoms with E-state index in [1.54, 1.807) is 12.1 Å². The molecule has 0 bridgehead atoms. The summed E-state index contributed by atoms with van der Waals surface area (Å²) < 4.78 is 19.9. The molecule has 1 aromatic carbocycles. The van der Waals surface area contributed by atoms with Gasteiger partial charge in [0, 0.05) is 42.4 Å². The summed E-state index contributed by atoms with van der Waals surface area (Å²) in [5.41, 5.74) is 0.980. The maximum Gasteiger partial charge on any atom is 0.127 e. The number of rotatable bonds is 5. The Morgan fingerprint density at radius 2 is 1.84 bits per heavy atom. The largest absolute Gasteiger partial charge is 0.381 e. The normalized spacial score (nSPS) is 26.2. The van der Waals surface area contributed by atoms with Crippen LogP contribution in [-0.4, -0.2) is 41.8 Å². The second-order valence-corrected chi connectivity index (χ2v) is 9.21. The number of hydrogen-bond donors (Lipinski definition) is 1. The third-order valence-electron chi connectivity index (χ3n) is 5.53. The van der Waals surface area contributed by atoms with Gasteiger partial charge in [0.2, 0.25) is 0 Å². The Hall–Kier alpha value is -0.970. The van der Waals surface area contributed by atoms with Gasteiger partial charge in [-0.1, -0.05) is 18.2 Å². The zero-order valence-electron chi connectivity index (χ0n) is 16.1. The minimum absolute atomic E-state index is 0.0894. The summed E-state index contributed by atoms with van der Waals surface area (Å²) in [6.07, 6.45) is 3.28. The first kappa shape index (κ1) is 18.8. The first-order chi connectivity index (χ1) is 11.7. The van der Waals surface area contributed by atoms with Gasteiger partial charge in [0.05, 0.1) is 6.61 Å². The molecule has 0 aromatic heterocycles. The summed E-state index contributed by atoms with van der Waals surface area (Å²) >= 11 is 0. The van der Waals surface area contributed by atoms with E-state index in [1.165, 1.54) is 0 Å². The lowest BCUT2D eigenvalue weighted by molar-refractivity contribution is 0.0487. The molecule has 4 heteroatoms. The van der Waals surface area contributed by atoms with Crippen molar-refractivity contribution >= 4 is 0 Å². The minimum Gasteiger partial charge on any atom is -0.381 e. The van der Waals surface area contributed by atoms with Crippen LogP contribution in [0.5, 0.6) is 0 Å².